The van der Waals surface area contributed by atoms with Gasteiger partial charge in [0.1, 0.15) is 15.9 Å². The highest BCUT2D eigenvalue weighted by Crippen LogP contribution is 2.23. The van der Waals surface area contributed by atoms with Crippen LogP contribution in [0.3, 0.4) is 0 Å². The summed E-state index contributed by atoms with van der Waals surface area (Å²) in [5, 5.41) is 13.0. The maximum atomic E-state index is 13.0. The number of hydrogen-bond acceptors (Lipinski definition) is 7. The van der Waals surface area contributed by atoms with Crippen molar-refractivity contribution in [2.75, 3.05) is 7.11 Å². The van der Waals surface area contributed by atoms with E-state index in [1.54, 1.807) is 21.0 Å². The second-order valence-electron chi connectivity index (χ2n) is 5.87. The molecule has 0 radical (unpaired) electrons. The number of carboxylic acids is 1. The van der Waals surface area contributed by atoms with Crippen LogP contribution < -0.4 is 0 Å². The van der Waals surface area contributed by atoms with Crippen LogP contribution in [0.1, 0.15) is 39.2 Å². The van der Waals surface area contributed by atoms with E-state index >= 15 is 0 Å². The number of nitrogens with zero attached hydrogens (tertiary/aromatic N) is 3. The van der Waals surface area contributed by atoms with E-state index < -0.39 is 12.0 Å². The van der Waals surface area contributed by atoms with Crippen LogP contribution in [-0.2, 0) is 22.7 Å². The van der Waals surface area contributed by atoms with Gasteiger partial charge in [-0.25, -0.2) is 14.8 Å². The van der Waals surface area contributed by atoms with E-state index in [0.717, 1.165) is 5.01 Å². The predicted molar refractivity (Wildman–Crippen MR) is 95.8 cm³/mol. The summed E-state index contributed by atoms with van der Waals surface area (Å²) in [6.07, 6.45) is 1.47. The summed E-state index contributed by atoms with van der Waals surface area (Å²) in [6, 6.07) is -0.942. The third-order valence-corrected chi connectivity index (χ3v) is 5.29. The van der Waals surface area contributed by atoms with Gasteiger partial charge in [0, 0.05) is 12.5 Å². The lowest BCUT2D eigenvalue weighted by molar-refractivity contribution is -0.144. The number of carboxylic acid groups (broad SMARTS) is 1. The molecule has 2 aromatic rings. The number of carbonyl (C=O) groups is 2. The third kappa shape index (κ3) is 4.83. The quantitative estimate of drug-likeness (QED) is 0.753. The Hall–Kier alpha value is -1.84. The van der Waals surface area contributed by atoms with E-state index in [1.165, 1.54) is 33.8 Å². The summed E-state index contributed by atoms with van der Waals surface area (Å²) in [4.78, 5) is 35.0. The summed E-state index contributed by atoms with van der Waals surface area (Å²) in [5.74, 6) is -1.63. The Kier molecular flexibility index (Phi) is 6.63. The average Bonchev–Trinajstić information content (AvgIpc) is 3.15. The fourth-order valence-corrected chi connectivity index (χ4v) is 3.92. The van der Waals surface area contributed by atoms with E-state index in [2.05, 4.69) is 9.97 Å². The fourth-order valence-electron chi connectivity index (χ4n) is 2.47. The molecule has 2 rings (SSSR count). The average molecular weight is 383 g/mol. The molecule has 2 aromatic heterocycles. The van der Waals surface area contributed by atoms with Crippen molar-refractivity contribution in [1.29, 1.82) is 0 Å². The Morgan fingerprint density at radius 2 is 2.12 bits per heavy atom. The van der Waals surface area contributed by atoms with Gasteiger partial charge in [0.05, 0.1) is 30.1 Å². The van der Waals surface area contributed by atoms with Gasteiger partial charge in [0.15, 0.2) is 0 Å². The van der Waals surface area contributed by atoms with Crippen molar-refractivity contribution < 1.29 is 19.4 Å². The standard InChI is InChI=1S/C16H21N3O4S2/c1-9(2)14(16(21)22)19(6-11-8-24-10(3)18-11)15(20)12-5-17-13(25-12)7-23-4/h5,8-9,14H,6-7H2,1-4H3,(H,21,22). The zero-order valence-electron chi connectivity index (χ0n) is 14.6. The molecule has 2 heterocycles. The van der Waals surface area contributed by atoms with Crippen LogP contribution in [0.15, 0.2) is 11.6 Å². The lowest BCUT2D eigenvalue weighted by Gasteiger charge is -2.30. The van der Waals surface area contributed by atoms with Gasteiger partial charge in [-0.05, 0) is 12.8 Å². The molecule has 0 saturated heterocycles. The molecule has 9 heteroatoms. The second kappa shape index (κ2) is 8.50. The number of thiazole rings is 2. The molecule has 0 bridgehead atoms. The summed E-state index contributed by atoms with van der Waals surface area (Å²) < 4.78 is 5.02. The van der Waals surface area contributed by atoms with Crippen molar-refractivity contribution >= 4 is 34.6 Å². The third-order valence-electron chi connectivity index (χ3n) is 3.51. The first-order chi connectivity index (χ1) is 11.8. The fraction of sp³-hybridized carbons (Fsp3) is 0.500. The Morgan fingerprint density at radius 3 is 2.64 bits per heavy atom. The Morgan fingerprint density at radius 1 is 1.40 bits per heavy atom. The number of ether oxygens (including phenoxy) is 1. The zero-order chi connectivity index (χ0) is 18.6. The van der Waals surface area contributed by atoms with E-state index in [0.29, 0.717) is 22.2 Å². The van der Waals surface area contributed by atoms with Crippen molar-refractivity contribution in [3.8, 4) is 0 Å². The van der Waals surface area contributed by atoms with E-state index in [9.17, 15) is 14.7 Å². The summed E-state index contributed by atoms with van der Waals surface area (Å²) in [5.41, 5.74) is 0.685. The molecule has 0 aliphatic carbocycles. The molecule has 0 saturated carbocycles. The van der Waals surface area contributed by atoms with E-state index in [-0.39, 0.29) is 18.4 Å². The second-order valence-corrected chi connectivity index (χ2v) is 8.05. The molecule has 0 aliphatic heterocycles. The number of rotatable bonds is 8. The van der Waals surface area contributed by atoms with Gasteiger partial charge in [-0.15, -0.1) is 22.7 Å². The van der Waals surface area contributed by atoms with Crippen LogP contribution in [0.2, 0.25) is 0 Å². The largest absolute Gasteiger partial charge is 0.480 e. The van der Waals surface area contributed by atoms with Crippen LogP contribution in [0, 0.1) is 12.8 Å². The van der Waals surface area contributed by atoms with Gasteiger partial charge in [-0.2, -0.15) is 0 Å². The SMILES string of the molecule is COCc1ncc(C(=O)N(Cc2csc(C)n2)C(C(=O)O)C(C)C)s1. The molecule has 0 aliphatic rings. The number of aromatic nitrogens is 2. The molecule has 0 spiro atoms. The first kappa shape index (κ1) is 19.5. The number of aliphatic carboxylic acids is 1. The Bertz CT molecular complexity index is 741. The number of aryl methyl sites for hydroxylation is 1. The highest BCUT2D eigenvalue weighted by molar-refractivity contribution is 7.13. The molecule has 1 amide bonds. The van der Waals surface area contributed by atoms with Gasteiger partial charge in [-0.1, -0.05) is 13.8 Å². The smallest absolute Gasteiger partial charge is 0.326 e. The van der Waals surface area contributed by atoms with E-state index in [1.807, 2.05) is 12.3 Å². The van der Waals surface area contributed by atoms with Crippen molar-refractivity contribution in [2.24, 2.45) is 5.92 Å². The molecule has 1 atom stereocenters. The van der Waals surface area contributed by atoms with Gasteiger partial charge in [0.2, 0.25) is 0 Å². The summed E-state index contributed by atoms with van der Waals surface area (Å²) >= 11 is 2.68. The molecule has 0 fully saturated rings. The molecular formula is C16H21N3O4S2. The number of carbonyl (C=O) groups excluding carboxylic acids is 1. The lowest BCUT2D eigenvalue weighted by Crippen LogP contribution is -2.47. The van der Waals surface area contributed by atoms with Crippen LogP contribution in [0.5, 0.6) is 0 Å². The minimum Gasteiger partial charge on any atom is -0.480 e. The molecule has 1 N–H and O–H groups in total. The van der Waals surface area contributed by atoms with Gasteiger partial charge >= 0.3 is 5.97 Å². The monoisotopic (exact) mass is 383 g/mol. The van der Waals surface area contributed by atoms with E-state index in [4.69, 9.17) is 4.74 Å². The Balaban J connectivity index is 2.34. The molecule has 0 aromatic carbocycles. The van der Waals surface area contributed by atoms with Crippen LogP contribution in [0.4, 0.5) is 0 Å². The van der Waals surface area contributed by atoms with Crippen molar-refractivity contribution in [2.45, 2.75) is 40.0 Å². The number of hydrogen-bond donors (Lipinski definition) is 1. The van der Waals surface area contributed by atoms with Gasteiger partial charge in [-0.3, -0.25) is 4.79 Å². The molecular weight excluding hydrogens is 362 g/mol. The maximum absolute atomic E-state index is 13.0. The van der Waals surface area contributed by atoms with Crippen LogP contribution >= 0.6 is 22.7 Å². The topological polar surface area (TPSA) is 92.6 Å². The van der Waals surface area contributed by atoms with Gasteiger partial charge < -0.3 is 14.7 Å². The van der Waals surface area contributed by atoms with Crippen molar-refractivity contribution in [1.82, 2.24) is 14.9 Å². The van der Waals surface area contributed by atoms with Gasteiger partial charge in [0.25, 0.3) is 5.91 Å². The van der Waals surface area contributed by atoms with Crippen LogP contribution in [0.25, 0.3) is 0 Å². The highest BCUT2D eigenvalue weighted by Gasteiger charge is 2.34. The predicted octanol–water partition coefficient (Wildman–Crippen LogP) is 2.81. The summed E-state index contributed by atoms with van der Waals surface area (Å²) in [7, 11) is 1.55. The van der Waals surface area contributed by atoms with Crippen molar-refractivity contribution in [3.63, 3.8) is 0 Å². The first-order valence-corrected chi connectivity index (χ1v) is 9.41. The minimum atomic E-state index is -1.03. The zero-order valence-corrected chi connectivity index (χ0v) is 16.2. The molecule has 25 heavy (non-hydrogen) atoms. The number of methoxy groups -OCH3 is 1. The van der Waals surface area contributed by atoms with Crippen LogP contribution in [-0.4, -0.2) is 45.0 Å². The molecule has 7 nitrogen and oxygen atoms in total. The Labute approximate surface area is 154 Å². The normalized spacial score (nSPS) is 12.4. The lowest BCUT2D eigenvalue weighted by atomic mass is 10.0. The molecule has 136 valence electrons. The number of amides is 1. The van der Waals surface area contributed by atoms with Crippen molar-refractivity contribution in [3.05, 3.63) is 32.2 Å². The molecule has 1 unspecified atom stereocenters. The summed E-state index contributed by atoms with van der Waals surface area (Å²) in [6.45, 7) is 5.91. The minimum absolute atomic E-state index is 0.149. The maximum Gasteiger partial charge on any atom is 0.326 e. The highest BCUT2D eigenvalue weighted by atomic mass is 32.1. The first-order valence-electron chi connectivity index (χ1n) is 7.72.